The third-order valence-corrected chi connectivity index (χ3v) is 4.18. The number of ether oxygens (including phenoxy) is 2. The van der Waals surface area contributed by atoms with Crippen molar-refractivity contribution in [3.05, 3.63) is 59.3 Å². The Morgan fingerprint density at radius 1 is 1.14 bits per heavy atom. The summed E-state index contributed by atoms with van der Waals surface area (Å²) >= 11 is 0. The van der Waals surface area contributed by atoms with E-state index < -0.39 is 5.91 Å². The first kappa shape index (κ1) is 20.1. The van der Waals surface area contributed by atoms with Gasteiger partial charge in [0.15, 0.2) is 18.1 Å². The molecule has 0 atom stereocenters. The number of allylic oxidation sites excluding steroid dienone is 1. The van der Waals surface area contributed by atoms with Gasteiger partial charge in [0, 0.05) is 12.5 Å². The number of carbonyl (C=O) groups is 3. The van der Waals surface area contributed by atoms with Crippen LogP contribution in [0.2, 0.25) is 0 Å². The number of fused-ring (bicyclic) bond motifs is 1. The van der Waals surface area contributed by atoms with Crippen LogP contribution in [0.15, 0.2) is 48.2 Å². The molecule has 1 aliphatic rings. The van der Waals surface area contributed by atoms with E-state index in [4.69, 9.17) is 15.2 Å². The molecule has 29 heavy (non-hydrogen) atoms. The number of nitrogens with two attached hydrogens (primary N) is 1. The Hall–Kier alpha value is -3.61. The second kappa shape index (κ2) is 8.18. The van der Waals surface area contributed by atoms with Crippen LogP contribution in [-0.2, 0) is 9.59 Å². The van der Waals surface area contributed by atoms with Crippen molar-refractivity contribution in [3.63, 3.8) is 0 Å². The molecular formula is C22H22N2O5. The lowest BCUT2D eigenvalue weighted by atomic mass is 10.1. The standard InChI is InChI=1S/C22H22N2O5/c1-13(2)29-20-11-15(8-9-19(20)28-12-21(23)26)10-18-22(27)16-6-4-5-7-17(16)24(18)14(3)25/h4-11,13H,12H2,1-3H3,(H2,23,26)/b18-10-. The van der Waals surface area contributed by atoms with Gasteiger partial charge in [0.1, 0.15) is 0 Å². The van der Waals surface area contributed by atoms with Gasteiger partial charge in [0.25, 0.3) is 5.91 Å². The summed E-state index contributed by atoms with van der Waals surface area (Å²) < 4.78 is 11.2. The number of anilines is 1. The molecule has 0 saturated carbocycles. The van der Waals surface area contributed by atoms with Crippen LogP contribution in [-0.4, -0.2) is 30.3 Å². The van der Waals surface area contributed by atoms with Crippen LogP contribution in [0.4, 0.5) is 5.69 Å². The summed E-state index contributed by atoms with van der Waals surface area (Å²) in [6, 6.07) is 12.0. The maximum Gasteiger partial charge on any atom is 0.255 e. The summed E-state index contributed by atoms with van der Waals surface area (Å²) in [4.78, 5) is 37.5. The maximum atomic E-state index is 12.9. The van der Waals surface area contributed by atoms with Crippen molar-refractivity contribution < 1.29 is 23.9 Å². The molecule has 2 amide bonds. The van der Waals surface area contributed by atoms with Gasteiger partial charge >= 0.3 is 0 Å². The zero-order chi connectivity index (χ0) is 21.1. The van der Waals surface area contributed by atoms with Crippen LogP contribution in [0.25, 0.3) is 6.08 Å². The monoisotopic (exact) mass is 394 g/mol. The molecule has 0 unspecified atom stereocenters. The van der Waals surface area contributed by atoms with Crippen LogP contribution in [0, 0.1) is 0 Å². The number of ketones is 1. The Bertz CT molecular complexity index is 1010. The van der Waals surface area contributed by atoms with E-state index in [2.05, 4.69) is 0 Å². The van der Waals surface area contributed by atoms with Crippen LogP contribution >= 0.6 is 0 Å². The predicted molar refractivity (Wildman–Crippen MR) is 109 cm³/mol. The third-order valence-electron chi connectivity index (χ3n) is 4.18. The molecule has 0 aliphatic carbocycles. The van der Waals surface area contributed by atoms with E-state index in [-0.39, 0.29) is 30.1 Å². The minimum atomic E-state index is -0.599. The average molecular weight is 394 g/mol. The zero-order valence-electron chi connectivity index (χ0n) is 16.5. The molecule has 0 saturated heterocycles. The molecule has 0 bridgehead atoms. The number of para-hydroxylation sites is 1. The van der Waals surface area contributed by atoms with Crippen LogP contribution in [0.5, 0.6) is 11.5 Å². The van der Waals surface area contributed by atoms with Gasteiger partial charge in [-0.3, -0.25) is 19.3 Å². The number of Topliss-reactive ketones (excluding diaryl/α,β-unsaturated/α-hetero) is 1. The summed E-state index contributed by atoms with van der Waals surface area (Å²) in [5.74, 6) is -0.305. The fourth-order valence-corrected chi connectivity index (χ4v) is 3.09. The van der Waals surface area contributed by atoms with E-state index >= 15 is 0 Å². The summed E-state index contributed by atoms with van der Waals surface area (Å²) in [5.41, 5.74) is 7.10. The molecule has 2 N–H and O–H groups in total. The molecule has 2 aromatic rings. The quantitative estimate of drug-likeness (QED) is 0.760. The normalized spacial score (nSPS) is 14.3. The van der Waals surface area contributed by atoms with Gasteiger partial charge in [-0.15, -0.1) is 0 Å². The van der Waals surface area contributed by atoms with Crippen molar-refractivity contribution in [2.24, 2.45) is 5.73 Å². The Balaban J connectivity index is 2.01. The van der Waals surface area contributed by atoms with Crippen molar-refractivity contribution in [2.45, 2.75) is 26.9 Å². The van der Waals surface area contributed by atoms with E-state index in [9.17, 15) is 14.4 Å². The molecule has 7 heteroatoms. The number of rotatable bonds is 6. The van der Waals surface area contributed by atoms with Gasteiger partial charge in [0.2, 0.25) is 11.7 Å². The Morgan fingerprint density at radius 2 is 1.86 bits per heavy atom. The minimum Gasteiger partial charge on any atom is -0.487 e. The summed E-state index contributed by atoms with van der Waals surface area (Å²) in [6.07, 6.45) is 1.49. The number of hydrogen-bond acceptors (Lipinski definition) is 5. The van der Waals surface area contributed by atoms with Gasteiger partial charge in [-0.2, -0.15) is 0 Å². The molecule has 7 nitrogen and oxygen atoms in total. The Morgan fingerprint density at radius 3 is 2.52 bits per heavy atom. The maximum absolute atomic E-state index is 12.9. The minimum absolute atomic E-state index is 0.139. The number of hydrogen-bond donors (Lipinski definition) is 1. The number of benzene rings is 2. The molecule has 0 fully saturated rings. The first-order valence-electron chi connectivity index (χ1n) is 9.16. The lowest BCUT2D eigenvalue weighted by Crippen LogP contribution is -2.25. The van der Waals surface area contributed by atoms with E-state index in [1.54, 1.807) is 48.5 Å². The molecular weight excluding hydrogens is 372 g/mol. The highest BCUT2D eigenvalue weighted by Gasteiger charge is 2.34. The number of amides is 2. The summed E-state index contributed by atoms with van der Waals surface area (Å²) in [6.45, 7) is 4.85. The SMILES string of the molecule is CC(=O)N1/C(=C\c2ccc(OCC(N)=O)c(OC(C)C)c2)C(=O)c2ccccc21. The number of primary amides is 1. The first-order chi connectivity index (χ1) is 13.8. The summed E-state index contributed by atoms with van der Waals surface area (Å²) in [5, 5.41) is 0. The van der Waals surface area contributed by atoms with Crippen molar-refractivity contribution in [1.29, 1.82) is 0 Å². The highest BCUT2D eigenvalue weighted by Crippen LogP contribution is 2.36. The van der Waals surface area contributed by atoms with Gasteiger partial charge in [-0.1, -0.05) is 18.2 Å². The fourth-order valence-electron chi connectivity index (χ4n) is 3.09. The number of nitrogens with zero attached hydrogens (tertiary/aromatic N) is 1. The third kappa shape index (κ3) is 4.29. The average Bonchev–Trinajstić information content (AvgIpc) is 2.93. The van der Waals surface area contributed by atoms with Gasteiger partial charge in [-0.25, -0.2) is 0 Å². The summed E-state index contributed by atoms with van der Waals surface area (Å²) in [7, 11) is 0. The van der Waals surface area contributed by atoms with Crippen molar-refractivity contribution in [2.75, 3.05) is 11.5 Å². The first-order valence-corrected chi connectivity index (χ1v) is 9.16. The van der Waals surface area contributed by atoms with Crippen LogP contribution in [0.3, 0.4) is 0 Å². The van der Waals surface area contributed by atoms with Crippen molar-refractivity contribution in [3.8, 4) is 11.5 Å². The second-order valence-corrected chi connectivity index (χ2v) is 6.86. The van der Waals surface area contributed by atoms with E-state index in [1.165, 1.54) is 11.8 Å². The molecule has 1 aliphatic heterocycles. The molecule has 0 spiro atoms. The lowest BCUT2D eigenvalue weighted by molar-refractivity contribution is -0.120. The smallest absolute Gasteiger partial charge is 0.255 e. The number of carbonyl (C=O) groups excluding carboxylic acids is 3. The molecule has 3 rings (SSSR count). The molecule has 2 aromatic carbocycles. The molecule has 0 radical (unpaired) electrons. The predicted octanol–water partition coefficient (Wildman–Crippen LogP) is 2.93. The van der Waals surface area contributed by atoms with Gasteiger partial charge < -0.3 is 15.2 Å². The second-order valence-electron chi connectivity index (χ2n) is 6.86. The van der Waals surface area contributed by atoms with Gasteiger partial charge in [0.05, 0.1) is 17.5 Å². The van der Waals surface area contributed by atoms with Gasteiger partial charge in [-0.05, 0) is 49.8 Å². The van der Waals surface area contributed by atoms with Crippen molar-refractivity contribution >= 4 is 29.4 Å². The topological polar surface area (TPSA) is 98.9 Å². The Kier molecular flexibility index (Phi) is 5.68. The van der Waals surface area contributed by atoms with E-state index in [0.29, 0.717) is 28.3 Å². The van der Waals surface area contributed by atoms with Crippen LogP contribution < -0.4 is 20.1 Å². The van der Waals surface area contributed by atoms with E-state index in [1.807, 2.05) is 13.8 Å². The molecule has 0 aromatic heterocycles. The zero-order valence-corrected chi connectivity index (χ0v) is 16.5. The lowest BCUT2D eigenvalue weighted by Gasteiger charge is -2.17. The highest BCUT2D eigenvalue weighted by atomic mass is 16.5. The van der Waals surface area contributed by atoms with E-state index in [0.717, 1.165) is 0 Å². The molecule has 1 heterocycles. The molecule has 150 valence electrons. The fraction of sp³-hybridized carbons (Fsp3) is 0.227. The highest BCUT2D eigenvalue weighted by molar-refractivity contribution is 6.26. The van der Waals surface area contributed by atoms with Crippen LogP contribution in [0.1, 0.15) is 36.7 Å². The Labute approximate surface area is 168 Å². The van der Waals surface area contributed by atoms with Crippen molar-refractivity contribution in [1.82, 2.24) is 0 Å². The largest absolute Gasteiger partial charge is 0.487 e.